The highest BCUT2D eigenvalue weighted by molar-refractivity contribution is 7.90. The van der Waals surface area contributed by atoms with Crippen molar-refractivity contribution in [2.24, 2.45) is 5.92 Å². The van der Waals surface area contributed by atoms with Crippen molar-refractivity contribution in [3.8, 4) is 0 Å². The summed E-state index contributed by atoms with van der Waals surface area (Å²) in [6.07, 6.45) is 1.39. The van der Waals surface area contributed by atoms with E-state index in [2.05, 4.69) is 10.6 Å². The number of nitrogens with one attached hydrogen (secondary N) is 2. The number of carbonyl (C=O) groups is 2. The van der Waals surface area contributed by atoms with Gasteiger partial charge in [-0.25, -0.2) is 13.2 Å². The van der Waals surface area contributed by atoms with E-state index in [1.807, 2.05) is 13.8 Å². The van der Waals surface area contributed by atoms with Crippen molar-refractivity contribution in [2.45, 2.75) is 51.5 Å². The predicted molar refractivity (Wildman–Crippen MR) is 120 cm³/mol. The molecule has 0 unspecified atom stereocenters. The molecule has 31 heavy (non-hydrogen) atoms. The molecular formula is C20H33N2O7PS. The van der Waals surface area contributed by atoms with Crippen LogP contribution < -0.4 is 10.6 Å². The fourth-order valence-electron chi connectivity index (χ4n) is 2.83. The van der Waals surface area contributed by atoms with Crippen LogP contribution in [0.4, 0.5) is 10.5 Å². The van der Waals surface area contributed by atoms with E-state index in [0.29, 0.717) is 12.1 Å². The minimum absolute atomic E-state index is 0.0572. The number of urea groups is 1. The van der Waals surface area contributed by atoms with Gasteiger partial charge < -0.3 is 19.7 Å². The summed E-state index contributed by atoms with van der Waals surface area (Å²) in [7, 11) is -6.69. The van der Waals surface area contributed by atoms with Crippen LogP contribution in [0.3, 0.4) is 0 Å². The molecule has 1 rings (SSSR count). The van der Waals surface area contributed by atoms with E-state index >= 15 is 0 Å². The molecule has 0 aliphatic rings. The quantitative estimate of drug-likeness (QED) is 0.414. The van der Waals surface area contributed by atoms with Gasteiger partial charge in [0.05, 0.1) is 30.3 Å². The Labute approximate surface area is 184 Å². The molecule has 11 heteroatoms. The average Bonchev–Trinajstić information content (AvgIpc) is 2.65. The van der Waals surface area contributed by atoms with Crippen molar-refractivity contribution in [3.63, 3.8) is 0 Å². The van der Waals surface area contributed by atoms with Crippen molar-refractivity contribution < 1.29 is 31.6 Å². The minimum Gasteiger partial charge on any atom is -0.328 e. The van der Waals surface area contributed by atoms with Crippen molar-refractivity contribution in [1.82, 2.24) is 5.32 Å². The summed E-state index contributed by atoms with van der Waals surface area (Å²) in [5, 5.41) is 5.24. The van der Waals surface area contributed by atoms with E-state index in [4.69, 9.17) is 9.05 Å². The lowest BCUT2D eigenvalue weighted by Gasteiger charge is -2.21. The molecule has 0 spiro atoms. The van der Waals surface area contributed by atoms with Crippen LogP contribution >= 0.6 is 7.60 Å². The first-order valence-electron chi connectivity index (χ1n) is 10.2. The molecular weight excluding hydrogens is 443 g/mol. The van der Waals surface area contributed by atoms with Gasteiger partial charge >= 0.3 is 13.6 Å². The van der Waals surface area contributed by atoms with Crippen molar-refractivity contribution >= 4 is 34.9 Å². The molecule has 9 nitrogen and oxygen atoms in total. The number of benzene rings is 1. The van der Waals surface area contributed by atoms with Crippen LogP contribution in [-0.2, 0) is 28.2 Å². The lowest BCUT2D eigenvalue weighted by molar-refractivity contribution is -0.120. The maximum absolute atomic E-state index is 12.7. The molecule has 0 bridgehead atoms. The monoisotopic (exact) mass is 476 g/mol. The van der Waals surface area contributed by atoms with Gasteiger partial charge in [-0.15, -0.1) is 0 Å². The second-order valence-corrected chi connectivity index (χ2v) is 11.7. The van der Waals surface area contributed by atoms with Crippen LogP contribution in [0.15, 0.2) is 29.2 Å². The number of ketones is 1. The molecule has 2 N–H and O–H groups in total. The largest absolute Gasteiger partial charge is 0.331 e. The normalized spacial score (nSPS) is 13.1. The summed E-state index contributed by atoms with van der Waals surface area (Å²) in [5.74, 6) is -0.134. The van der Waals surface area contributed by atoms with Crippen molar-refractivity contribution in [1.29, 1.82) is 0 Å². The first-order chi connectivity index (χ1) is 14.4. The van der Waals surface area contributed by atoms with Crippen LogP contribution in [0.5, 0.6) is 0 Å². The van der Waals surface area contributed by atoms with E-state index < -0.39 is 29.5 Å². The molecule has 1 aromatic carbocycles. The van der Waals surface area contributed by atoms with Gasteiger partial charge in [0.2, 0.25) is 0 Å². The molecule has 0 saturated heterocycles. The number of hydrogen-bond donors (Lipinski definition) is 2. The number of anilines is 1. The van der Waals surface area contributed by atoms with Gasteiger partial charge in [-0.2, -0.15) is 0 Å². The molecule has 0 heterocycles. The maximum Gasteiger partial charge on any atom is 0.331 e. The molecule has 1 atom stereocenters. The molecule has 0 fully saturated rings. The van der Waals surface area contributed by atoms with Crippen LogP contribution in [0.1, 0.15) is 40.5 Å². The topological polar surface area (TPSA) is 128 Å². The summed E-state index contributed by atoms with van der Waals surface area (Å²) in [6, 6.07) is 4.35. The number of carbonyl (C=O) groups excluding carboxylic acids is 2. The highest BCUT2D eigenvalue weighted by atomic mass is 32.2. The summed E-state index contributed by atoms with van der Waals surface area (Å²) in [4.78, 5) is 25.3. The van der Waals surface area contributed by atoms with Gasteiger partial charge in [0.25, 0.3) is 0 Å². The number of hydrogen-bond acceptors (Lipinski definition) is 7. The van der Waals surface area contributed by atoms with Gasteiger partial charge in [0, 0.05) is 18.4 Å². The Morgan fingerprint density at radius 1 is 1.06 bits per heavy atom. The van der Waals surface area contributed by atoms with Crippen LogP contribution in [0, 0.1) is 5.92 Å². The van der Waals surface area contributed by atoms with E-state index in [0.717, 1.165) is 6.26 Å². The fourth-order valence-corrected chi connectivity index (χ4v) is 5.08. The third kappa shape index (κ3) is 9.95. The highest BCUT2D eigenvalue weighted by Gasteiger charge is 2.28. The van der Waals surface area contributed by atoms with Crippen LogP contribution in [0.25, 0.3) is 0 Å². The van der Waals surface area contributed by atoms with Gasteiger partial charge in [0.15, 0.2) is 15.6 Å². The number of amides is 2. The smallest absolute Gasteiger partial charge is 0.328 e. The maximum atomic E-state index is 12.7. The molecule has 0 radical (unpaired) electrons. The van der Waals surface area contributed by atoms with E-state index in [1.54, 1.807) is 13.8 Å². The number of rotatable bonds is 13. The molecule has 1 aromatic rings. The summed E-state index contributed by atoms with van der Waals surface area (Å²) < 4.78 is 46.1. The second kappa shape index (κ2) is 12.3. The fraction of sp³-hybridized carbons (Fsp3) is 0.600. The summed E-state index contributed by atoms with van der Waals surface area (Å²) >= 11 is 0. The van der Waals surface area contributed by atoms with E-state index in [1.165, 1.54) is 24.3 Å². The van der Waals surface area contributed by atoms with Crippen molar-refractivity contribution in [3.05, 3.63) is 24.3 Å². The third-order valence-corrected chi connectivity index (χ3v) is 7.43. The summed E-state index contributed by atoms with van der Waals surface area (Å²) in [5.41, 5.74) is 0.387. The van der Waals surface area contributed by atoms with E-state index in [-0.39, 0.29) is 42.4 Å². The summed E-state index contributed by atoms with van der Waals surface area (Å²) in [6.45, 7) is 7.66. The zero-order chi connectivity index (χ0) is 23.7. The molecule has 0 aliphatic heterocycles. The second-order valence-electron chi connectivity index (χ2n) is 7.46. The van der Waals surface area contributed by atoms with Gasteiger partial charge in [-0.05, 0) is 50.5 Å². The Hall–Kier alpha value is -1.74. The first-order valence-corrected chi connectivity index (χ1v) is 13.8. The molecule has 0 aromatic heterocycles. The Morgan fingerprint density at radius 2 is 1.61 bits per heavy atom. The third-order valence-electron chi connectivity index (χ3n) is 4.23. The zero-order valence-corrected chi connectivity index (χ0v) is 20.4. The number of sulfone groups is 1. The standard InChI is InChI=1S/C20H33N2O7PS/c1-6-28-30(25,29-7-2)13-12-19(23)18(14-15(3)4)22-20(24)21-16-8-10-17(11-9-16)31(5,26)27/h8-11,15,18H,6-7,12-14H2,1-5H3,(H2,21,22,24)/t18-/m0/s1. The lowest BCUT2D eigenvalue weighted by Crippen LogP contribution is -2.44. The minimum atomic E-state index is -3.35. The lowest BCUT2D eigenvalue weighted by atomic mass is 9.99. The predicted octanol–water partition coefficient (Wildman–Crippen LogP) is 3.85. The molecule has 0 saturated carbocycles. The van der Waals surface area contributed by atoms with Gasteiger partial charge in [0.1, 0.15) is 0 Å². The average molecular weight is 477 g/mol. The molecule has 2 amide bonds. The SMILES string of the molecule is CCOP(=O)(CCC(=O)[C@H](CC(C)C)NC(=O)Nc1ccc(S(C)(=O)=O)cc1)OCC. The number of Topliss-reactive ketones (excluding diaryl/α,β-unsaturated/α-hetero) is 1. The van der Waals surface area contributed by atoms with Gasteiger partial charge in [-0.3, -0.25) is 9.36 Å². The van der Waals surface area contributed by atoms with E-state index in [9.17, 15) is 22.6 Å². The molecule has 0 aliphatic carbocycles. The van der Waals surface area contributed by atoms with Gasteiger partial charge in [-0.1, -0.05) is 13.8 Å². The Morgan fingerprint density at radius 3 is 2.06 bits per heavy atom. The zero-order valence-electron chi connectivity index (χ0n) is 18.7. The first kappa shape index (κ1) is 27.3. The molecule has 176 valence electrons. The van der Waals surface area contributed by atoms with Crippen LogP contribution in [-0.4, -0.2) is 51.9 Å². The Bertz CT molecular complexity index is 875. The Kier molecular flexibility index (Phi) is 10.9. The Balaban J connectivity index is 2.79. The highest BCUT2D eigenvalue weighted by Crippen LogP contribution is 2.48. The van der Waals surface area contributed by atoms with Crippen LogP contribution in [0.2, 0.25) is 0 Å². The van der Waals surface area contributed by atoms with Crippen molar-refractivity contribution in [2.75, 3.05) is 30.9 Å².